The van der Waals surface area contributed by atoms with Gasteiger partial charge in [0, 0.05) is 52.0 Å². The van der Waals surface area contributed by atoms with Crippen LogP contribution < -0.4 is 4.74 Å². The van der Waals surface area contributed by atoms with Gasteiger partial charge in [-0.3, -0.25) is 0 Å². The Morgan fingerprint density at radius 2 is 1.09 bits per heavy atom. The summed E-state index contributed by atoms with van der Waals surface area (Å²) in [6, 6.07) is 55.4. The predicted octanol–water partition coefficient (Wildman–Crippen LogP) is 12.1. The third-order valence-corrected chi connectivity index (χ3v) is 12.0. The summed E-state index contributed by atoms with van der Waals surface area (Å²) in [6.07, 6.45) is 14.8. The molecule has 0 radical (unpaired) electrons. The van der Waals surface area contributed by atoms with Gasteiger partial charge in [0.15, 0.2) is 17.5 Å². The zero-order valence-corrected chi connectivity index (χ0v) is 30.7. The Morgan fingerprint density at radius 3 is 1.86 bits per heavy atom. The van der Waals surface area contributed by atoms with Crippen molar-refractivity contribution < 1.29 is 4.74 Å². The summed E-state index contributed by atoms with van der Waals surface area (Å²) < 4.78 is 6.95. The maximum Gasteiger partial charge on any atom is 0.164 e. The van der Waals surface area contributed by atoms with Gasteiger partial charge in [-0.25, -0.2) is 15.0 Å². The van der Waals surface area contributed by atoms with E-state index in [1.54, 1.807) is 0 Å². The highest BCUT2D eigenvalue weighted by molar-refractivity contribution is 5.76. The van der Waals surface area contributed by atoms with E-state index in [-0.39, 0.29) is 17.3 Å². The molecular formula is C52H37N3O. The lowest BCUT2D eigenvalue weighted by Crippen LogP contribution is -2.40. The van der Waals surface area contributed by atoms with E-state index in [1.807, 2.05) is 60.7 Å². The van der Waals surface area contributed by atoms with E-state index >= 15 is 0 Å². The van der Waals surface area contributed by atoms with Crippen molar-refractivity contribution >= 4 is 0 Å². The smallest absolute Gasteiger partial charge is 0.164 e. The van der Waals surface area contributed by atoms with Crippen LogP contribution in [-0.4, -0.2) is 15.0 Å². The second-order valence-corrected chi connectivity index (χ2v) is 15.0. The van der Waals surface area contributed by atoms with E-state index in [1.165, 1.54) is 33.4 Å². The van der Waals surface area contributed by atoms with Gasteiger partial charge in [-0.2, -0.15) is 0 Å². The van der Waals surface area contributed by atoms with Gasteiger partial charge >= 0.3 is 0 Å². The normalized spacial score (nSPS) is 21.2. The number of fused-ring (bicyclic) bond motifs is 8. The van der Waals surface area contributed by atoms with Crippen molar-refractivity contribution in [2.24, 2.45) is 5.92 Å². The van der Waals surface area contributed by atoms with Gasteiger partial charge in [-0.05, 0) is 39.9 Å². The molecule has 0 saturated carbocycles. The fourth-order valence-electron chi connectivity index (χ4n) is 9.64. The average molecular weight is 720 g/mol. The first-order valence-electron chi connectivity index (χ1n) is 19.5. The van der Waals surface area contributed by atoms with Crippen LogP contribution in [-0.2, 0) is 5.41 Å². The van der Waals surface area contributed by atoms with Gasteiger partial charge in [0.2, 0.25) is 0 Å². The highest BCUT2D eigenvalue weighted by Gasteiger charge is 2.57. The molecule has 1 aliphatic heterocycles. The van der Waals surface area contributed by atoms with Crippen molar-refractivity contribution in [1.29, 1.82) is 0 Å². The van der Waals surface area contributed by atoms with Crippen LogP contribution in [0.25, 0.3) is 45.3 Å². The molecule has 1 spiro atoms. The number of ether oxygens (including phenoxy) is 1. The largest absolute Gasteiger partial charge is 0.461 e. The van der Waals surface area contributed by atoms with Gasteiger partial charge < -0.3 is 4.74 Å². The fourth-order valence-corrected chi connectivity index (χ4v) is 9.64. The standard InChI is InChI=1S/C52H37N3O/c1-3-16-34(17-4-1)49-53-50(35-18-5-2-6-19-35)55-51(54-49)38-21-15-20-36(32-38)39-22-7-8-23-40(39)37-30-31-46-48(33-37)56-47-29-14-13-28-45(47)52(46)43-26-11-9-24-41(43)42-25-10-12-27-44(42)52/h1-32,37,41,43H,33H2. The maximum atomic E-state index is 6.95. The number of rotatable bonds is 5. The van der Waals surface area contributed by atoms with Gasteiger partial charge in [-0.15, -0.1) is 0 Å². The number of aromatic nitrogens is 3. The van der Waals surface area contributed by atoms with Crippen molar-refractivity contribution in [3.8, 4) is 51.0 Å². The third kappa shape index (κ3) is 5.10. The van der Waals surface area contributed by atoms with Crippen molar-refractivity contribution in [1.82, 2.24) is 15.0 Å². The van der Waals surface area contributed by atoms with Crippen LogP contribution in [0.1, 0.15) is 40.5 Å². The SMILES string of the molecule is C1=CC2c3ccccc3C3(C4=C(CC(c5ccccc5-c5cccc(-c6nc(-c7ccccc7)nc(-c7ccccc7)n6)c5)C=C4)Oc4ccccc43)C2C=C1. The number of allylic oxidation sites excluding steroid dienone is 8. The van der Waals surface area contributed by atoms with Crippen LogP contribution in [0.5, 0.6) is 5.75 Å². The monoisotopic (exact) mass is 719 g/mol. The molecule has 0 fully saturated rings. The molecule has 266 valence electrons. The number of para-hydroxylation sites is 1. The summed E-state index contributed by atoms with van der Waals surface area (Å²) in [4.78, 5) is 15.0. The highest BCUT2D eigenvalue weighted by Crippen LogP contribution is 2.64. The van der Waals surface area contributed by atoms with Gasteiger partial charge in [-0.1, -0.05) is 182 Å². The molecule has 7 aromatic rings. The summed E-state index contributed by atoms with van der Waals surface area (Å²) in [5.74, 6) is 4.66. The number of nitrogens with zero attached hydrogens (tertiary/aromatic N) is 3. The van der Waals surface area contributed by atoms with Crippen molar-refractivity contribution in [3.05, 3.63) is 228 Å². The first kappa shape index (κ1) is 32.5. The van der Waals surface area contributed by atoms with E-state index in [9.17, 15) is 0 Å². The second-order valence-electron chi connectivity index (χ2n) is 15.0. The highest BCUT2D eigenvalue weighted by atomic mass is 16.5. The Hall–Kier alpha value is -6.91. The Labute approximate surface area is 327 Å². The molecule has 4 heteroatoms. The van der Waals surface area contributed by atoms with Crippen LogP contribution in [0.4, 0.5) is 0 Å². The molecule has 6 aromatic carbocycles. The van der Waals surface area contributed by atoms with E-state index in [0.717, 1.165) is 40.2 Å². The molecule has 4 atom stereocenters. The minimum absolute atomic E-state index is 0.122. The summed E-state index contributed by atoms with van der Waals surface area (Å²) in [5.41, 5.74) is 11.4. The molecule has 0 N–H and O–H groups in total. The summed E-state index contributed by atoms with van der Waals surface area (Å²) in [6.45, 7) is 0. The van der Waals surface area contributed by atoms with Gasteiger partial charge in [0.1, 0.15) is 11.5 Å². The molecule has 11 rings (SSSR count). The predicted molar refractivity (Wildman–Crippen MR) is 224 cm³/mol. The summed E-state index contributed by atoms with van der Waals surface area (Å²) >= 11 is 0. The molecule has 2 heterocycles. The molecule has 0 amide bonds. The Morgan fingerprint density at radius 1 is 0.500 bits per heavy atom. The second kappa shape index (κ2) is 13.1. The summed E-state index contributed by atoms with van der Waals surface area (Å²) in [5, 5.41) is 0. The van der Waals surface area contributed by atoms with Crippen LogP contribution in [0, 0.1) is 5.92 Å². The zero-order valence-electron chi connectivity index (χ0n) is 30.7. The molecule has 4 nitrogen and oxygen atoms in total. The van der Waals surface area contributed by atoms with Crippen molar-refractivity contribution in [3.63, 3.8) is 0 Å². The number of hydrogen-bond donors (Lipinski definition) is 0. The van der Waals surface area contributed by atoms with Gasteiger partial charge in [0.05, 0.1) is 5.41 Å². The van der Waals surface area contributed by atoms with Crippen LogP contribution in [0.2, 0.25) is 0 Å². The molecule has 56 heavy (non-hydrogen) atoms. The zero-order chi connectivity index (χ0) is 37.1. The Bertz CT molecular complexity index is 2720. The lowest BCUT2D eigenvalue weighted by atomic mass is 9.60. The number of benzene rings is 6. The number of hydrogen-bond acceptors (Lipinski definition) is 4. The van der Waals surface area contributed by atoms with Crippen LogP contribution in [0.3, 0.4) is 0 Å². The fraction of sp³-hybridized carbons (Fsp3) is 0.0962. The molecular weight excluding hydrogens is 683 g/mol. The maximum absolute atomic E-state index is 6.95. The van der Waals surface area contributed by atoms with Crippen LogP contribution >= 0.6 is 0 Å². The Kier molecular flexibility index (Phi) is 7.63. The van der Waals surface area contributed by atoms with E-state index in [4.69, 9.17) is 19.7 Å². The van der Waals surface area contributed by atoms with E-state index in [0.29, 0.717) is 23.4 Å². The quantitative estimate of drug-likeness (QED) is 0.178. The van der Waals surface area contributed by atoms with Crippen molar-refractivity contribution in [2.75, 3.05) is 0 Å². The van der Waals surface area contributed by atoms with Crippen molar-refractivity contribution in [2.45, 2.75) is 23.7 Å². The topological polar surface area (TPSA) is 47.9 Å². The molecule has 1 aromatic heterocycles. The third-order valence-electron chi connectivity index (χ3n) is 12.0. The first-order chi connectivity index (χ1) is 27.8. The average Bonchev–Trinajstić information content (AvgIpc) is 3.57. The molecule has 0 bridgehead atoms. The minimum atomic E-state index is -0.330. The van der Waals surface area contributed by atoms with E-state index in [2.05, 4.69) is 134 Å². The van der Waals surface area contributed by atoms with E-state index < -0.39 is 0 Å². The molecule has 4 unspecified atom stereocenters. The molecule has 3 aliphatic carbocycles. The first-order valence-corrected chi connectivity index (χ1v) is 19.5. The Balaban J connectivity index is 0.994. The van der Waals surface area contributed by atoms with Crippen LogP contribution in [0.15, 0.2) is 206 Å². The molecule has 0 saturated heterocycles. The lowest BCUT2D eigenvalue weighted by Gasteiger charge is -2.45. The minimum Gasteiger partial charge on any atom is -0.461 e. The van der Waals surface area contributed by atoms with Gasteiger partial charge in [0.25, 0.3) is 0 Å². The lowest BCUT2D eigenvalue weighted by molar-refractivity contribution is 0.322. The summed E-state index contributed by atoms with van der Waals surface area (Å²) in [7, 11) is 0. The molecule has 4 aliphatic rings.